The summed E-state index contributed by atoms with van der Waals surface area (Å²) in [4.78, 5) is 40.1. The maximum Gasteiger partial charge on any atom is 0.407 e. The first-order valence-corrected chi connectivity index (χ1v) is 15.4. The first-order chi connectivity index (χ1) is 20.9. The van der Waals surface area contributed by atoms with E-state index in [9.17, 15) is 14.4 Å². The SMILES string of the molecule is COC(=O)[C@H](Cc1ccccc1)NC(=O)C12C[C@@H]3C[C@@H](CC(NC(=O)OCC4c5ccccc5-c5ccccc54)(C3)C1)C2. The Morgan fingerprint density at radius 3 is 2.07 bits per heavy atom. The highest BCUT2D eigenvalue weighted by atomic mass is 16.5. The van der Waals surface area contributed by atoms with Gasteiger partial charge < -0.3 is 20.1 Å². The van der Waals surface area contributed by atoms with Gasteiger partial charge in [0.2, 0.25) is 5.91 Å². The maximum absolute atomic E-state index is 14.0. The molecule has 0 aromatic heterocycles. The van der Waals surface area contributed by atoms with Crippen LogP contribution in [0.25, 0.3) is 11.1 Å². The summed E-state index contributed by atoms with van der Waals surface area (Å²) in [5.41, 5.74) is 4.60. The summed E-state index contributed by atoms with van der Waals surface area (Å²) >= 11 is 0. The molecule has 0 aliphatic heterocycles. The van der Waals surface area contributed by atoms with Crippen molar-refractivity contribution in [2.45, 2.75) is 62.4 Å². The van der Waals surface area contributed by atoms with Gasteiger partial charge in [-0.1, -0.05) is 78.9 Å². The minimum absolute atomic E-state index is 0.00787. The molecule has 8 rings (SSSR count). The number of hydrogen-bond donors (Lipinski definition) is 2. The Labute approximate surface area is 252 Å². The van der Waals surface area contributed by atoms with Crippen LogP contribution in [-0.4, -0.2) is 43.3 Å². The summed E-state index contributed by atoms with van der Waals surface area (Å²) in [7, 11) is 1.35. The third-order valence-corrected chi connectivity index (χ3v) is 10.3. The van der Waals surface area contributed by atoms with Crippen molar-refractivity contribution in [3.8, 4) is 11.1 Å². The molecule has 3 aromatic carbocycles. The van der Waals surface area contributed by atoms with Crippen LogP contribution in [0.5, 0.6) is 0 Å². The number of esters is 1. The number of amides is 2. The van der Waals surface area contributed by atoms with Crippen LogP contribution in [-0.2, 0) is 25.5 Å². The number of ether oxygens (including phenoxy) is 2. The molecule has 43 heavy (non-hydrogen) atoms. The Balaban J connectivity index is 1.05. The van der Waals surface area contributed by atoms with E-state index in [1.807, 2.05) is 54.6 Å². The predicted octanol–water partition coefficient (Wildman–Crippen LogP) is 5.76. The van der Waals surface area contributed by atoms with Gasteiger partial charge in [-0.05, 0) is 78.2 Å². The molecule has 4 bridgehead atoms. The van der Waals surface area contributed by atoms with Crippen LogP contribution in [0.1, 0.15) is 61.1 Å². The van der Waals surface area contributed by atoms with Gasteiger partial charge in [-0.25, -0.2) is 9.59 Å². The summed E-state index contributed by atoms with van der Waals surface area (Å²) < 4.78 is 11.0. The van der Waals surface area contributed by atoms with Gasteiger partial charge in [-0.2, -0.15) is 0 Å². The lowest BCUT2D eigenvalue weighted by atomic mass is 9.46. The fourth-order valence-electron chi connectivity index (χ4n) is 9.02. The molecule has 5 aliphatic rings. The fourth-order valence-corrected chi connectivity index (χ4v) is 9.02. The summed E-state index contributed by atoms with van der Waals surface area (Å²) in [6, 6.07) is 25.5. The van der Waals surface area contributed by atoms with Crippen molar-refractivity contribution in [2.75, 3.05) is 13.7 Å². The van der Waals surface area contributed by atoms with Crippen molar-refractivity contribution in [1.82, 2.24) is 10.6 Å². The van der Waals surface area contributed by atoms with E-state index in [1.54, 1.807) is 0 Å². The second-order valence-corrected chi connectivity index (χ2v) is 13.2. The molecule has 5 aliphatic carbocycles. The average Bonchev–Trinajstić information content (AvgIpc) is 3.32. The van der Waals surface area contributed by atoms with E-state index in [0.717, 1.165) is 37.7 Å². The topological polar surface area (TPSA) is 93.7 Å². The van der Waals surface area contributed by atoms with Crippen LogP contribution in [0.3, 0.4) is 0 Å². The number of nitrogens with one attached hydrogen (secondary N) is 2. The number of rotatable bonds is 8. The zero-order valence-electron chi connectivity index (χ0n) is 24.5. The summed E-state index contributed by atoms with van der Waals surface area (Å²) in [5, 5.41) is 6.34. The van der Waals surface area contributed by atoms with E-state index in [-0.39, 0.29) is 18.4 Å². The monoisotopic (exact) mass is 578 g/mol. The van der Waals surface area contributed by atoms with Crippen LogP contribution in [0, 0.1) is 17.3 Å². The van der Waals surface area contributed by atoms with Gasteiger partial charge in [0.15, 0.2) is 0 Å². The fraction of sp³-hybridized carbons (Fsp3) is 0.417. The molecular formula is C36H38N2O5. The quantitative estimate of drug-likeness (QED) is 0.332. The molecule has 4 fully saturated rings. The molecule has 2 N–H and O–H groups in total. The van der Waals surface area contributed by atoms with E-state index < -0.39 is 29.1 Å². The van der Waals surface area contributed by atoms with Crippen LogP contribution in [0.15, 0.2) is 78.9 Å². The number of benzene rings is 3. The van der Waals surface area contributed by atoms with Gasteiger partial charge in [0.25, 0.3) is 0 Å². The van der Waals surface area contributed by atoms with E-state index >= 15 is 0 Å². The lowest BCUT2D eigenvalue weighted by Gasteiger charge is -2.61. The highest BCUT2D eigenvalue weighted by Crippen LogP contribution is 2.61. The van der Waals surface area contributed by atoms with E-state index in [4.69, 9.17) is 9.47 Å². The van der Waals surface area contributed by atoms with E-state index in [2.05, 4.69) is 34.9 Å². The molecule has 4 saturated carbocycles. The van der Waals surface area contributed by atoms with Crippen molar-refractivity contribution >= 4 is 18.0 Å². The molecule has 3 aromatic rings. The lowest BCUT2D eigenvalue weighted by Crippen LogP contribution is -2.66. The van der Waals surface area contributed by atoms with Gasteiger partial charge in [0.1, 0.15) is 12.6 Å². The van der Waals surface area contributed by atoms with Gasteiger partial charge in [0.05, 0.1) is 12.5 Å². The third kappa shape index (κ3) is 5.09. The smallest absolute Gasteiger partial charge is 0.407 e. The summed E-state index contributed by atoms with van der Waals surface area (Å²) in [5.74, 6) is 0.143. The average molecular weight is 579 g/mol. The van der Waals surface area contributed by atoms with Gasteiger partial charge in [0, 0.05) is 17.9 Å². The van der Waals surface area contributed by atoms with Crippen LogP contribution < -0.4 is 10.6 Å². The minimum atomic E-state index is -0.765. The highest BCUT2D eigenvalue weighted by Gasteiger charge is 2.61. The normalized spacial score (nSPS) is 27.1. The van der Waals surface area contributed by atoms with Crippen LogP contribution in [0.4, 0.5) is 4.79 Å². The Morgan fingerprint density at radius 1 is 0.837 bits per heavy atom. The predicted molar refractivity (Wildman–Crippen MR) is 162 cm³/mol. The van der Waals surface area contributed by atoms with Gasteiger partial charge >= 0.3 is 12.1 Å². The van der Waals surface area contributed by atoms with Crippen molar-refractivity contribution in [3.05, 3.63) is 95.6 Å². The molecule has 0 saturated heterocycles. The molecule has 222 valence electrons. The summed E-state index contributed by atoms with van der Waals surface area (Å²) in [6.45, 7) is 0.259. The molecule has 7 heteroatoms. The second-order valence-electron chi connectivity index (χ2n) is 13.2. The van der Waals surface area contributed by atoms with Crippen molar-refractivity contribution in [2.24, 2.45) is 17.3 Å². The zero-order chi connectivity index (χ0) is 29.6. The highest BCUT2D eigenvalue weighted by molar-refractivity contribution is 5.89. The van der Waals surface area contributed by atoms with Crippen molar-refractivity contribution in [3.63, 3.8) is 0 Å². The Hall–Kier alpha value is -4.13. The Kier molecular flexibility index (Phi) is 6.99. The molecule has 0 heterocycles. The van der Waals surface area contributed by atoms with Gasteiger partial charge in [-0.15, -0.1) is 0 Å². The summed E-state index contributed by atoms with van der Waals surface area (Å²) in [6.07, 6.45) is 4.85. The molecule has 7 nitrogen and oxygen atoms in total. The second kappa shape index (κ2) is 10.9. The number of alkyl carbamates (subject to hydrolysis) is 1. The minimum Gasteiger partial charge on any atom is -0.467 e. The van der Waals surface area contributed by atoms with Crippen LogP contribution in [0.2, 0.25) is 0 Å². The number of carbonyl (C=O) groups is 3. The first kappa shape index (κ1) is 27.7. The molecule has 2 amide bonds. The van der Waals surface area contributed by atoms with Crippen molar-refractivity contribution in [1.29, 1.82) is 0 Å². The molecule has 0 radical (unpaired) electrons. The van der Waals surface area contributed by atoms with E-state index in [0.29, 0.717) is 24.7 Å². The van der Waals surface area contributed by atoms with E-state index in [1.165, 1.54) is 29.4 Å². The van der Waals surface area contributed by atoms with Crippen LogP contribution >= 0.6 is 0 Å². The third-order valence-electron chi connectivity index (χ3n) is 10.3. The molecule has 0 spiro atoms. The number of fused-ring (bicyclic) bond motifs is 3. The lowest BCUT2D eigenvalue weighted by molar-refractivity contribution is -0.155. The van der Waals surface area contributed by atoms with Crippen molar-refractivity contribution < 1.29 is 23.9 Å². The standard InChI is InChI=1S/C36H38N2O5/c1-42-32(39)31(16-23-9-3-2-4-10-23)37-33(40)35-17-24-15-25(18-35)20-36(19-24,22-35)38-34(41)43-21-30-28-13-7-5-11-26(28)27-12-6-8-14-29(27)30/h2-14,24-25,30-31H,15-22H2,1H3,(H,37,40)(H,38,41)/t24-,25+,31-,35?,36?/m0/s1. The number of carbonyl (C=O) groups excluding carboxylic acids is 3. The van der Waals surface area contributed by atoms with Gasteiger partial charge in [-0.3, -0.25) is 4.79 Å². The number of methoxy groups -OCH3 is 1. The number of hydrogen-bond acceptors (Lipinski definition) is 5. The molecule has 2 unspecified atom stereocenters. The zero-order valence-corrected chi connectivity index (χ0v) is 24.5. The first-order valence-electron chi connectivity index (χ1n) is 15.4. The Morgan fingerprint density at radius 2 is 1.44 bits per heavy atom. The Bertz CT molecular complexity index is 1490. The largest absolute Gasteiger partial charge is 0.467 e. The maximum atomic E-state index is 14.0. The molecule has 5 atom stereocenters. The molecular weight excluding hydrogens is 540 g/mol.